The zero-order valence-electron chi connectivity index (χ0n) is 32.0. The van der Waals surface area contributed by atoms with E-state index in [-0.39, 0.29) is 25.2 Å². The van der Waals surface area contributed by atoms with Crippen molar-refractivity contribution in [1.82, 2.24) is 0 Å². The van der Waals surface area contributed by atoms with Gasteiger partial charge in [0, 0.05) is 12.8 Å². The van der Waals surface area contributed by atoms with Crippen LogP contribution in [0.25, 0.3) is 0 Å². The largest absolute Gasteiger partial charge is 0.462 e. The van der Waals surface area contributed by atoms with Crippen LogP contribution >= 0.6 is 0 Å². The Morgan fingerprint density at radius 1 is 0.458 bits per heavy atom. The standard InChI is InChI=1S/C43H80O5/c1-3-5-7-9-11-13-15-17-18-19-20-21-22-23-24-26-27-29-31-33-35-37-42(45)47-40-41(39-44)48-43(46)38-36-34-32-30-28-25-16-14-12-10-8-6-4-2/h14,16-18,41,44H,3-13,15,19-40H2,1-2H3/b16-14-,18-17-/t41-/m0/s1. The van der Waals surface area contributed by atoms with Gasteiger partial charge in [0.05, 0.1) is 6.61 Å². The van der Waals surface area contributed by atoms with E-state index >= 15 is 0 Å². The van der Waals surface area contributed by atoms with Crippen LogP contribution in [0.1, 0.15) is 219 Å². The average molecular weight is 677 g/mol. The Balaban J connectivity index is 3.50. The number of carbonyl (C=O) groups excluding carboxylic acids is 2. The van der Waals surface area contributed by atoms with Crippen LogP contribution in [0.5, 0.6) is 0 Å². The highest BCUT2D eigenvalue weighted by Gasteiger charge is 2.16. The summed E-state index contributed by atoms with van der Waals surface area (Å²) in [7, 11) is 0. The lowest BCUT2D eigenvalue weighted by Crippen LogP contribution is -2.28. The number of carbonyl (C=O) groups is 2. The molecular formula is C43H80O5. The third kappa shape index (κ3) is 37.2. The fraction of sp³-hybridized carbons (Fsp3) is 0.860. The number of ether oxygens (including phenoxy) is 2. The third-order valence-corrected chi connectivity index (χ3v) is 9.22. The monoisotopic (exact) mass is 677 g/mol. The molecular weight excluding hydrogens is 596 g/mol. The Morgan fingerprint density at radius 3 is 1.15 bits per heavy atom. The molecule has 0 aliphatic rings. The predicted molar refractivity (Wildman–Crippen MR) is 205 cm³/mol. The van der Waals surface area contributed by atoms with Crippen molar-refractivity contribution in [1.29, 1.82) is 0 Å². The zero-order valence-corrected chi connectivity index (χ0v) is 32.0. The van der Waals surface area contributed by atoms with Crippen molar-refractivity contribution in [3.05, 3.63) is 24.3 Å². The van der Waals surface area contributed by atoms with Gasteiger partial charge in [-0.15, -0.1) is 0 Å². The second-order valence-electron chi connectivity index (χ2n) is 14.1. The fourth-order valence-electron chi connectivity index (χ4n) is 6.01. The minimum atomic E-state index is -0.772. The molecule has 0 aliphatic heterocycles. The number of aliphatic hydroxyl groups excluding tert-OH is 1. The first kappa shape index (κ1) is 46.4. The van der Waals surface area contributed by atoms with Crippen LogP contribution in [0.3, 0.4) is 0 Å². The molecule has 0 aromatic rings. The van der Waals surface area contributed by atoms with Crippen LogP contribution in [0.4, 0.5) is 0 Å². The number of allylic oxidation sites excluding steroid dienone is 4. The van der Waals surface area contributed by atoms with Gasteiger partial charge in [0.2, 0.25) is 0 Å². The molecule has 0 fully saturated rings. The smallest absolute Gasteiger partial charge is 0.306 e. The second kappa shape index (κ2) is 39.8. The van der Waals surface area contributed by atoms with Crippen molar-refractivity contribution in [2.45, 2.75) is 225 Å². The number of unbranched alkanes of at least 4 members (excludes halogenated alkanes) is 26. The van der Waals surface area contributed by atoms with Crippen LogP contribution in [-0.2, 0) is 19.1 Å². The van der Waals surface area contributed by atoms with Crippen molar-refractivity contribution >= 4 is 11.9 Å². The van der Waals surface area contributed by atoms with Crippen LogP contribution in [0.15, 0.2) is 24.3 Å². The quantitative estimate of drug-likeness (QED) is 0.0400. The molecule has 0 bridgehead atoms. The molecule has 0 amide bonds. The fourth-order valence-corrected chi connectivity index (χ4v) is 6.01. The highest BCUT2D eigenvalue weighted by atomic mass is 16.6. The number of esters is 2. The van der Waals surface area contributed by atoms with E-state index < -0.39 is 6.10 Å². The average Bonchev–Trinajstić information content (AvgIpc) is 3.09. The molecule has 5 heteroatoms. The Bertz CT molecular complexity index is 731. The lowest BCUT2D eigenvalue weighted by atomic mass is 10.0. The van der Waals surface area contributed by atoms with E-state index in [1.807, 2.05) is 0 Å². The van der Waals surface area contributed by atoms with Gasteiger partial charge in [0.1, 0.15) is 6.61 Å². The summed E-state index contributed by atoms with van der Waals surface area (Å²) >= 11 is 0. The van der Waals surface area contributed by atoms with Gasteiger partial charge in [-0.25, -0.2) is 0 Å². The Hall–Kier alpha value is -1.62. The van der Waals surface area contributed by atoms with Crippen molar-refractivity contribution in [2.75, 3.05) is 13.2 Å². The van der Waals surface area contributed by atoms with E-state index in [4.69, 9.17) is 9.47 Å². The Kier molecular flexibility index (Phi) is 38.5. The predicted octanol–water partition coefficient (Wildman–Crippen LogP) is 13.1. The van der Waals surface area contributed by atoms with E-state index in [1.54, 1.807) is 0 Å². The van der Waals surface area contributed by atoms with Crippen LogP contribution in [0.2, 0.25) is 0 Å². The summed E-state index contributed by atoms with van der Waals surface area (Å²) in [6.45, 7) is 4.12. The first-order valence-corrected chi connectivity index (χ1v) is 20.9. The normalized spacial score (nSPS) is 12.3. The van der Waals surface area contributed by atoms with Crippen LogP contribution in [0, 0.1) is 0 Å². The Morgan fingerprint density at radius 2 is 0.771 bits per heavy atom. The van der Waals surface area contributed by atoms with Crippen molar-refractivity contribution in [2.24, 2.45) is 0 Å². The molecule has 48 heavy (non-hydrogen) atoms. The highest BCUT2D eigenvalue weighted by Crippen LogP contribution is 2.14. The number of hydrogen-bond acceptors (Lipinski definition) is 5. The lowest BCUT2D eigenvalue weighted by Gasteiger charge is -2.15. The molecule has 0 radical (unpaired) electrons. The maximum Gasteiger partial charge on any atom is 0.306 e. The SMILES string of the molecule is CCCCCC/C=C\CCCCCCCC(=O)O[C@@H](CO)COC(=O)CCCCCCCCCCCCC/C=C\CCCCCCCC. The molecule has 0 unspecified atom stereocenters. The van der Waals surface area contributed by atoms with Crippen molar-refractivity contribution in [3.63, 3.8) is 0 Å². The summed E-state index contributed by atoms with van der Waals surface area (Å²) < 4.78 is 10.6. The van der Waals surface area contributed by atoms with Crippen molar-refractivity contribution in [3.8, 4) is 0 Å². The van der Waals surface area contributed by atoms with E-state index in [0.29, 0.717) is 12.8 Å². The summed E-state index contributed by atoms with van der Waals surface area (Å²) in [4.78, 5) is 24.3. The molecule has 1 N–H and O–H groups in total. The molecule has 0 saturated heterocycles. The van der Waals surface area contributed by atoms with Gasteiger partial charge in [-0.3, -0.25) is 9.59 Å². The van der Waals surface area contributed by atoms with Crippen molar-refractivity contribution < 1.29 is 24.2 Å². The van der Waals surface area contributed by atoms with Gasteiger partial charge in [0.15, 0.2) is 6.10 Å². The van der Waals surface area contributed by atoms with Crippen LogP contribution < -0.4 is 0 Å². The van der Waals surface area contributed by atoms with Gasteiger partial charge in [-0.05, 0) is 64.2 Å². The second-order valence-corrected chi connectivity index (χ2v) is 14.1. The Labute approximate surface area is 298 Å². The summed E-state index contributed by atoms with van der Waals surface area (Å²) in [5, 5.41) is 9.55. The number of hydrogen-bond donors (Lipinski definition) is 1. The van der Waals surface area contributed by atoms with Crippen LogP contribution in [-0.4, -0.2) is 36.4 Å². The molecule has 5 nitrogen and oxygen atoms in total. The van der Waals surface area contributed by atoms with Gasteiger partial charge in [-0.1, -0.05) is 167 Å². The van der Waals surface area contributed by atoms with E-state index in [9.17, 15) is 14.7 Å². The van der Waals surface area contributed by atoms with Gasteiger partial charge >= 0.3 is 11.9 Å². The molecule has 0 spiro atoms. The molecule has 0 saturated carbocycles. The topological polar surface area (TPSA) is 72.8 Å². The minimum Gasteiger partial charge on any atom is -0.462 e. The molecule has 0 aromatic heterocycles. The summed E-state index contributed by atoms with van der Waals surface area (Å²) in [5.74, 6) is -0.595. The summed E-state index contributed by atoms with van der Waals surface area (Å²) in [6.07, 6.45) is 46.7. The molecule has 1 atom stereocenters. The summed E-state index contributed by atoms with van der Waals surface area (Å²) in [6, 6.07) is 0. The molecule has 0 aromatic carbocycles. The number of aliphatic hydroxyl groups is 1. The zero-order chi connectivity index (χ0) is 35.0. The number of rotatable bonds is 38. The first-order valence-electron chi connectivity index (χ1n) is 20.9. The maximum atomic E-state index is 12.1. The van der Waals surface area contributed by atoms with E-state index in [2.05, 4.69) is 38.2 Å². The molecule has 0 aliphatic carbocycles. The van der Waals surface area contributed by atoms with E-state index in [1.165, 1.54) is 148 Å². The van der Waals surface area contributed by atoms with Gasteiger partial charge < -0.3 is 14.6 Å². The van der Waals surface area contributed by atoms with Gasteiger partial charge in [-0.2, -0.15) is 0 Å². The van der Waals surface area contributed by atoms with Gasteiger partial charge in [0.25, 0.3) is 0 Å². The first-order chi connectivity index (χ1) is 23.6. The lowest BCUT2D eigenvalue weighted by molar-refractivity contribution is -0.161. The molecule has 0 heterocycles. The molecule has 0 rings (SSSR count). The summed E-state index contributed by atoms with van der Waals surface area (Å²) in [5.41, 5.74) is 0. The van der Waals surface area contributed by atoms with E-state index in [0.717, 1.165) is 44.9 Å². The maximum absolute atomic E-state index is 12.1. The minimum absolute atomic E-state index is 0.0663. The molecule has 282 valence electrons. The third-order valence-electron chi connectivity index (χ3n) is 9.22. The highest BCUT2D eigenvalue weighted by molar-refractivity contribution is 5.70.